The van der Waals surface area contributed by atoms with Crippen LogP contribution >= 0.6 is 11.3 Å². The summed E-state index contributed by atoms with van der Waals surface area (Å²) in [5.41, 5.74) is 7.13. The molecule has 2 aliphatic rings. The van der Waals surface area contributed by atoms with Crippen molar-refractivity contribution in [1.82, 2.24) is 9.88 Å². The van der Waals surface area contributed by atoms with E-state index in [1.54, 1.807) is 4.88 Å². The fourth-order valence-electron chi connectivity index (χ4n) is 2.98. The molecule has 1 fully saturated rings. The molecule has 1 aliphatic carbocycles. The quantitative estimate of drug-likeness (QED) is 0.911. The first-order valence-electron chi connectivity index (χ1n) is 7.45. The molecular formula is C14H24N4S. The van der Waals surface area contributed by atoms with Crippen LogP contribution < -0.4 is 10.6 Å². The Hall–Kier alpha value is -0.650. The highest BCUT2D eigenvalue weighted by molar-refractivity contribution is 7.15. The number of nitrogens with zero attached hydrogens (tertiary/aromatic N) is 3. The molecule has 0 saturated carbocycles. The van der Waals surface area contributed by atoms with E-state index in [1.807, 2.05) is 11.3 Å². The normalized spacial score (nSPS) is 22.3. The second-order valence-corrected chi connectivity index (χ2v) is 6.74. The summed E-state index contributed by atoms with van der Waals surface area (Å²) >= 11 is 1.93. The molecule has 0 spiro atoms. The lowest BCUT2D eigenvalue weighted by Gasteiger charge is -2.37. The van der Waals surface area contributed by atoms with Gasteiger partial charge in [-0.2, -0.15) is 0 Å². The van der Waals surface area contributed by atoms with Gasteiger partial charge in [0.25, 0.3) is 0 Å². The molecule has 1 aromatic heterocycles. The molecule has 1 unspecified atom stereocenters. The summed E-state index contributed by atoms with van der Waals surface area (Å²) in [7, 11) is 0. The molecule has 1 saturated heterocycles. The number of rotatable bonds is 3. The molecular weight excluding hydrogens is 256 g/mol. The van der Waals surface area contributed by atoms with E-state index < -0.39 is 0 Å². The maximum Gasteiger partial charge on any atom is 0.185 e. The third-order valence-corrected chi connectivity index (χ3v) is 5.60. The lowest BCUT2D eigenvalue weighted by molar-refractivity contribution is 0.201. The van der Waals surface area contributed by atoms with Gasteiger partial charge in [0.15, 0.2) is 5.13 Å². The van der Waals surface area contributed by atoms with E-state index in [-0.39, 0.29) is 0 Å². The Labute approximate surface area is 119 Å². The van der Waals surface area contributed by atoms with Crippen LogP contribution in [0.15, 0.2) is 0 Å². The van der Waals surface area contributed by atoms with Crippen LogP contribution in [-0.4, -0.2) is 48.6 Å². The van der Waals surface area contributed by atoms with Crippen molar-refractivity contribution < 1.29 is 0 Å². The lowest BCUT2D eigenvalue weighted by Crippen LogP contribution is -2.51. The molecule has 0 radical (unpaired) electrons. The molecule has 2 N–H and O–H groups in total. The minimum atomic E-state index is 0.506. The summed E-state index contributed by atoms with van der Waals surface area (Å²) < 4.78 is 0. The molecule has 106 valence electrons. The summed E-state index contributed by atoms with van der Waals surface area (Å²) in [5.74, 6) is 0. The van der Waals surface area contributed by atoms with Gasteiger partial charge in [0.2, 0.25) is 0 Å². The highest BCUT2D eigenvalue weighted by Gasteiger charge is 2.24. The highest BCUT2D eigenvalue weighted by Crippen LogP contribution is 2.32. The summed E-state index contributed by atoms with van der Waals surface area (Å²) in [6, 6.07) is 0.506. The smallest absolute Gasteiger partial charge is 0.185 e. The van der Waals surface area contributed by atoms with E-state index in [0.717, 1.165) is 32.7 Å². The predicted molar refractivity (Wildman–Crippen MR) is 81.1 cm³/mol. The predicted octanol–water partition coefficient (Wildman–Crippen LogP) is 1.49. The average Bonchev–Trinajstić information content (AvgIpc) is 2.90. The van der Waals surface area contributed by atoms with Gasteiger partial charge < -0.3 is 10.6 Å². The first-order valence-corrected chi connectivity index (χ1v) is 8.27. The van der Waals surface area contributed by atoms with Crippen molar-refractivity contribution in [3.63, 3.8) is 0 Å². The average molecular weight is 280 g/mol. The second-order valence-electron chi connectivity index (χ2n) is 5.68. The number of aryl methyl sites for hydroxylation is 2. The van der Waals surface area contributed by atoms with Crippen LogP contribution in [0.3, 0.4) is 0 Å². The first kappa shape index (κ1) is 13.3. The minimum Gasteiger partial charge on any atom is -0.346 e. The summed E-state index contributed by atoms with van der Waals surface area (Å²) in [5, 5.41) is 1.26. The zero-order valence-corrected chi connectivity index (χ0v) is 12.6. The minimum absolute atomic E-state index is 0.506. The van der Waals surface area contributed by atoms with E-state index in [9.17, 15) is 0 Å². The van der Waals surface area contributed by atoms with Gasteiger partial charge in [-0.25, -0.2) is 4.98 Å². The largest absolute Gasteiger partial charge is 0.346 e. The number of aromatic nitrogens is 1. The Bertz CT molecular complexity index is 400. The van der Waals surface area contributed by atoms with Crippen molar-refractivity contribution >= 4 is 16.5 Å². The maximum absolute atomic E-state index is 5.75. The zero-order valence-electron chi connectivity index (χ0n) is 11.8. The Morgan fingerprint density at radius 1 is 1.21 bits per heavy atom. The van der Waals surface area contributed by atoms with Crippen LogP contribution in [0.4, 0.5) is 5.13 Å². The second kappa shape index (κ2) is 5.77. The number of hydrogen-bond donors (Lipinski definition) is 1. The molecule has 4 nitrogen and oxygen atoms in total. The molecule has 0 aromatic carbocycles. The third-order valence-electron chi connectivity index (χ3n) is 4.38. The van der Waals surface area contributed by atoms with Gasteiger partial charge in [0.1, 0.15) is 0 Å². The Kier molecular flexibility index (Phi) is 4.05. The van der Waals surface area contributed by atoms with E-state index in [2.05, 4.69) is 16.7 Å². The van der Waals surface area contributed by atoms with Crippen LogP contribution in [0.25, 0.3) is 0 Å². The number of anilines is 1. The molecule has 0 amide bonds. The number of hydrogen-bond acceptors (Lipinski definition) is 5. The van der Waals surface area contributed by atoms with Gasteiger partial charge in [-0.1, -0.05) is 0 Å². The Morgan fingerprint density at radius 2 is 1.95 bits per heavy atom. The Balaban J connectivity index is 1.63. The first-order chi connectivity index (χ1) is 9.28. The zero-order chi connectivity index (χ0) is 13.2. The van der Waals surface area contributed by atoms with Crippen molar-refractivity contribution in [1.29, 1.82) is 0 Å². The van der Waals surface area contributed by atoms with Gasteiger partial charge in [0.05, 0.1) is 5.69 Å². The van der Waals surface area contributed by atoms with Crippen LogP contribution in [0.5, 0.6) is 0 Å². The topological polar surface area (TPSA) is 45.4 Å². The number of nitrogens with two attached hydrogens (primary N) is 1. The van der Waals surface area contributed by atoms with Gasteiger partial charge in [-0.05, 0) is 32.6 Å². The summed E-state index contributed by atoms with van der Waals surface area (Å²) in [6.07, 6.45) is 5.10. The molecule has 1 aromatic rings. The van der Waals surface area contributed by atoms with Crippen molar-refractivity contribution in [3.05, 3.63) is 10.6 Å². The fraction of sp³-hybridized carbons (Fsp3) is 0.786. The summed E-state index contributed by atoms with van der Waals surface area (Å²) in [4.78, 5) is 11.4. The van der Waals surface area contributed by atoms with Gasteiger partial charge >= 0.3 is 0 Å². The molecule has 1 aliphatic heterocycles. The molecule has 5 heteroatoms. The molecule has 3 rings (SSSR count). The fourth-order valence-corrected chi connectivity index (χ4v) is 4.18. The third kappa shape index (κ3) is 2.78. The highest BCUT2D eigenvalue weighted by atomic mass is 32.1. The monoisotopic (exact) mass is 280 g/mol. The van der Waals surface area contributed by atoms with E-state index in [0.29, 0.717) is 6.04 Å². The van der Waals surface area contributed by atoms with Gasteiger partial charge in [0, 0.05) is 43.6 Å². The standard InChI is InChI=1S/C14H24N4S/c1-11(10-15)17-6-8-18(9-7-17)14-16-12-4-2-3-5-13(12)19-14/h11H,2-10,15H2,1H3. The van der Waals surface area contributed by atoms with Crippen LogP contribution in [0.2, 0.25) is 0 Å². The van der Waals surface area contributed by atoms with Crippen molar-refractivity contribution in [2.24, 2.45) is 5.73 Å². The van der Waals surface area contributed by atoms with Crippen LogP contribution in [-0.2, 0) is 12.8 Å². The van der Waals surface area contributed by atoms with E-state index in [1.165, 1.54) is 36.5 Å². The number of piperazine rings is 1. The van der Waals surface area contributed by atoms with E-state index >= 15 is 0 Å². The number of thiazole rings is 1. The Morgan fingerprint density at radius 3 is 2.63 bits per heavy atom. The van der Waals surface area contributed by atoms with Crippen molar-refractivity contribution in [3.8, 4) is 0 Å². The van der Waals surface area contributed by atoms with Gasteiger partial charge in [-0.3, -0.25) is 4.90 Å². The van der Waals surface area contributed by atoms with Gasteiger partial charge in [-0.15, -0.1) is 11.3 Å². The van der Waals surface area contributed by atoms with Crippen LogP contribution in [0.1, 0.15) is 30.3 Å². The van der Waals surface area contributed by atoms with Crippen molar-refractivity contribution in [2.45, 2.75) is 38.6 Å². The van der Waals surface area contributed by atoms with Crippen molar-refractivity contribution in [2.75, 3.05) is 37.6 Å². The lowest BCUT2D eigenvalue weighted by atomic mass is 10.0. The number of fused-ring (bicyclic) bond motifs is 1. The molecule has 2 heterocycles. The molecule has 19 heavy (non-hydrogen) atoms. The maximum atomic E-state index is 5.75. The SMILES string of the molecule is CC(CN)N1CCN(c2nc3c(s2)CCCC3)CC1. The van der Waals surface area contributed by atoms with E-state index in [4.69, 9.17) is 10.7 Å². The molecule has 0 bridgehead atoms. The van der Waals surface area contributed by atoms with Crippen LogP contribution in [0, 0.1) is 0 Å². The molecule has 1 atom stereocenters. The summed E-state index contributed by atoms with van der Waals surface area (Å²) in [6.45, 7) is 7.39.